The van der Waals surface area contributed by atoms with Gasteiger partial charge in [-0.3, -0.25) is 10.0 Å². The molecule has 1 unspecified atom stereocenters. The molecule has 216 valence electrons. The summed E-state index contributed by atoms with van der Waals surface area (Å²) in [5.41, 5.74) is 8.79. The number of hydrogen-bond acceptors (Lipinski definition) is 7. The fourth-order valence-electron chi connectivity index (χ4n) is 3.97. The van der Waals surface area contributed by atoms with Crippen LogP contribution in [-0.4, -0.2) is 55.4 Å². The number of hydrazone groups is 1. The average molecular weight is 577 g/mol. The molecule has 2 aromatic rings. The number of amidine groups is 1. The Morgan fingerprint density at radius 3 is 2.48 bits per heavy atom. The second-order valence-corrected chi connectivity index (χ2v) is 9.10. The Hall–Kier alpha value is -3.83. The zero-order chi connectivity index (χ0) is 30.2. The third-order valence-corrected chi connectivity index (χ3v) is 5.96. The number of nitrogens with one attached hydrogen (secondary N) is 3. The van der Waals surface area contributed by atoms with E-state index in [9.17, 15) is 13.2 Å². The van der Waals surface area contributed by atoms with Crippen LogP contribution in [0.1, 0.15) is 30.5 Å². The van der Waals surface area contributed by atoms with Crippen LogP contribution >= 0.6 is 11.6 Å². The van der Waals surface area contributed by atoms with E-state index in [0.29, 0.717) is 22.2 Å². The van der Waals surface area contributed by atoms with Gasteiger partial charge in [0.05, 0.1) is 34.7 Å². The number of aryl methyl sites for hydroxylation is 2. The van der Waals surface area contributed by atoms with Crippen LogP contribution < -0.4 is 21.1 Å². The number of benzene rings is 1. The minimum absolute atomic E-state index is 0.0677. The minimum Gasteiger partial charge on any atom is -0.388 e. The maximum absolute atomic E-state index is 13.1. The van der Waals surface area contributed by atoms with E-state index in [1.807, 2.05) is 45.9 Å². The van der Waals surface area contributed by atoms with Crippen molar-refractivity contribution in [2.45, 2.75) is 39.9 Å². The molecule has 0 fully saturated rings. The maximum atomic E-state index is 13.1. The van der Waals surface area contributed by atoms with Crippen molar-refractivity contribution in [3.63, 3.8) is 0 Å². The smallest absolute Gasteiger partial charge is 0.388 e. The van der Waals surface area contributed by atoms with Crippen LogP contribution in [0.25, 0.3) is 5.70 Å². The first-order valence-electron chi connectivity index (χ1n) is 12.5. The molecule has 0 radical (unpaired) electrons. The van der Waals surface area contributed by atoms with E-state index in [0.717, 1.165) is 33.1 Å². The zero-order valence-electron chi connectivity index (χ0n) is 23.6. The number of alkyl halides is 3. The number of rotatable bonds is 9. The van der Waals surface area contributed by atoms with Gasteiger partial charge in [0.1, 0.15) is 0 Å². The Morgan fingerprint density at radius 1 is 1.23 bits per heavy atom. The Labute approximate surface area is 239 Å². The molecule has 0 aliphatic carbocycles. The van der Waals surface area contributed by atoms with Crippen LogP contribution in [0.4, 0.5) is 24.7 Å². The SMILES string of the molecule is C=N/C(=N\N(C)CC1C=C(C(=C)Nc2c(C)cc(C)cc2C(=C)NC)N(c2ncccc2Cl)N1)C(F)(F)F.CC. The highest BCUT2D eigenvalue weighted by molar-refractivity contribution is 6.33. The number of pyridine rings is 1. The Balaban J connectivity index is 0.00000274. The first-order chi connectivity index (χ1) is 18.8. The van der Waals surface area contributed by atoms with Gasteiger partial charge in [-0.15, -0.1) is 0 Å². The number of aromatic nitrogens is 1. The van der Waals surface area contributed by atoms with E-state index in [-0.39, 0.29) is 6.54 Å². The van der Waals surface area contributed by atoms with Gasteiger partial charge in [0.15, 0.2) is 5.82 Å². The number of aliphatic imine (C=N–C) groups is 1. The topological polar surface area (TPSA) is 80.2 Å². The van der Waals surface area contributed by atoms with E-state index >= 15 is 0 Å². The van der Waals surface area contributed by atoms with E-state index in [2.05, 4.69) is 51.0 Å². The summed E-state index contributed by atoms with van der Waals surface area (Å²) in [7, 11) is 3.21. The molecule has 0 saturated carbocycles. The van der Waals surface area contributed by atoms with Crippen molar-refractivity contribution in [3.8, 4) is 0 Å². The van der Waals surface area contributed by atoms with Crippen LogP contribution in [0.2, 0.25) is 5.02 Å². The third-order valence-electron chi connectivity index (χ3n) is 5.67. The van der Waals surface area contributed by atoms with Crippen molar-refractivity contribution in [2.75, 3.05) is 31.0 Å². The summed E-state index contributed by atoms with van der Waals surface area (Å²) in [4.78, 5) is 7.39. The standard InChI is InChI=1S/C26H30ClF3N8.C2H6/c1-15-11-16(2)23(20(12-15)17(3)31-5)34-18(4)22-13-19(14-37(7)36-25(32-6)26(28,29)30)35-38(22)24-21(27)9-8-10-33-24;1-2/h8-13,19,31,34-35H,3-4,6,14H2,1-2,5,7H3;1-2H3/b36-25-;. The van der Waals surface area contributed by atoms with E-state index in [1.165, 1.54) is 7.05 Å². The molecule has 2 heterocycles. The highest BCUT2D eigenvalue weighted by Crippen LogP contribution is 2.33. The average Bonchev–Trinajstić information content (AvgIpc) is 3.32. The van der Waals surface area contributed by atoms with E-state index < -0.39 is 18.1 Å². The number of anilines is 2. The Bertz CT molecular complexity index is 1300. The lowest BCUT2D eigenvalue weighted by Crippen LogP contribution is -2.43. The molecular weight excluding hydrogens is 541 g/mol. The monoisotopic (exact) mass is 576 g/mol. The third kappa shape index (κ3) is 7.86. The molecule has 40 heavy (non-hydrogen) atoms. The molecule has 3 N–H and O–H groups in total. The van der Waals surface area contributed by atoms with Gasteiger partial charge >= 0.3 is 6.18 Å². The fourth-order valence-corrected chi connectivity index (χ4v) is 4.18. The highest BCUT2D eigenvalue weighted by Gasteiger charge is 2.36. The molecule has 0 spiro atoms. The summed E-state index contributed by atoms with van der Waals surface area (Å²) < 4.78 is 39.3. The van der Waals surface area contributed by atoms with Crippen molar-refractivity contribution in [1.29, 1.82) is 0 Å². The van der Waals surface area contributed by atoms with Crippen LogP contribution in [0.3, 0.4) is 0 Å². The summed E-state index contributed by atoms with van der Waals surface area (Å²) in [6, 6.07) is 6.97. The molecule has 12 heteroatoms. The van der Waals surface area contributed by atoms with E-state index in [1.54, 1.807) is 30.4 Å². The van der Waals surface area contributed by atoms with Crippen LogP contribution in [0.5, 0.6) is 0 Å². The summed E-state index contributed by atoms with van der Waals surface area (Å²) in [6.07, 6.45) is -1.31. The van der Waals surface area contributed by atoms with Gasteiger partial charge in [0.25, 0.3) is 5.84 Å². The molecule has 0 amide bonds. The second kappa shape index (κ2) is 14.0. The minimum atomic E-state index is -4.72. The lowest BCUT2D eigenvalue weighted by Gasteiger charge is -2.27. The van der Waals surface area contributed by atoms with Crippen molar-refractivity contribution >= 4 is 41.4 Å². The first-order valence-corrected chi connectivity index (χ1v) is 12.9. The van der Waals surface area contributed by atoms with Gasteiger partial charge in [-0.05, 0) is 50.4 Å². The van der Waals surface area contributed by atoms with Crippen LogP contribution in [0.15, 0.2) is 71.2 Å². The summed E-state index contributed by atoms with van der Waals surface area (Å²) in [5, 5.41) is 13.2. The van der Waals surface area contributed by atoms with Crippen molar-refractivity contribution in [1.82, 2.24) is 20.7 Å². The molecule has 1 atom stereocenters. The first kappa shape index (κ1) is 32.4. The molecule has 8 nitrogen and oxygen atoms in total. The Morgan fingerprint density at radius 2 is 1.90 bits per heavy atom. The molecule has 1 aliphatic heterocycles. The number of halogens is 4. The summed E-state index contributed by atoms with van der Waals surface area (Å²) in [5.74, 6) is -0.925. The van der Waals surface area contributed by atoms with E-state index in [4.69, 9.17) is 11.6 Å². The number of hydrogen-bond donors (Lipinski definition) is 3. The predicted octanol–water partition coefficient (Wildman–Crippen LogP) is 6.28. The van der Waals surface area contributed by atoms with Gasteiger partial charge in [0, 0.05) is 31.6 Å². The van der Waals surface area contributed by atoms with Gasteiger partial charge in [-0.1, -0.05) is 50.2 Å². The zero-order valence-corrected chi connectivity index (χ0v) is 24.4. The fraction of sp³-hybridized carbons (Fsp3) is 0.321. The summed E-state index contributed by atoms with van der Waals surface area (Å²) in [6.45, 7) is 19.4. The van der Waals surface area contributed by atoms with Gasteiger partial charge < -0.3 is 10.6 Å². The Kier molecular flexibility index (Phi) is 11.3. The lowest BCUT2D eigenvalue weighted by atomic mass is 10.0. The van der Waals surface area contributed by atoms with Gasteiger partial charge in [0.2, 0.25) is 0 Å². The van der Waals surface area contributed by atoms with Crippen molar-refractivity contribution in [2.24, 2.45) is 10.1 Å². The van der Waals surface area contributed by atoms with Crippen molar-refractivity contribution < 1.29 is 13.2 Å². The molecule has 0 bridgehead atoms. The number of hydrazine groups is 1. The molecular formula is C28H36ClF3N8. The highest BCUT2D eigenvalue weighted by atomic mass is 35.5. The van der Waals surface area contributed by atoms with Gasteiger partial charge in [-0.2, -0.15) is 18.3 Å². The van der Waals surface area contributed by atoms with Crippen LogP contribution in [0, 0.1) is 13.8 Å². The number of likely N-dealkylation sites (N-methyl/N-ethyl adjacent to an activating group) is 1. The lowest BCUT2D eigenvalue weighted by molar-refractivity contribution is -0.0610. The quantitative estimate of drug-likeness (QED) is 0.185. The predicted molar refractivity (Wildman–Crippen MR) is 161 cm³/mol. The molecule has 3 rings (SSSR count). The van der Waals surface area contributed by atoms with Crippen molar-refractivity contribution in [3.05, 3.63) is 82.8 Å². The summed E-state index contributed by atoms with van der Waals surface area (Å²) >= 11 is 6.44. The second-order valence-electron chi connectivity index (χ2n) is 8.69. The van der Waals surface area contributed by atoms with Crippen LogP contribution in [-0.2, 0) is 0 Å². The molecule has 0 saturated heterocycles. The normalized spacial score (nSPS) is 15.1. The molecule has 1 aromatic carbocycles. The number of nitrogens with zero attached hydrogens (tertiary/aromatic N) is 5. The molecule has 1 aromatic heterocycles. The largest absolute Gasteiger partial charge is 0.453 e. The van der Waals surface area contributed by atoms with Gasteiger partial charge in [-0.25, -0.2) is 15.4 Å². The maximum Gasteiger partial charge on any atom is 0.453 e. The molecule has 1 aliphatic rings.